The third-order valence-corrected chi connectivity index (χ3v) is 2.97. The van der Waals surface area contributed by atoms with E-state index in [1.165, 1.54) is 0 Å². The summed E-state index contributed by atoms with van der Waals surface area (Å²) in [7, 11) is 6.00. The maximum atomic E-state index is 12.2. The molecular formula is C15H24N2O2. The maximum Gasteiger partial charge on any atom is 0.327 e. The van der Waals surface area contributed by atoms with Gasteiger partial charge in [-0.1, -0.05) is 30.3 Å². The zero-order valence-electron chi connectivity index (χ0n) is 12.3. The minimum absolute atomic E-state index is 0.185. The van der Waals surface area contributed by atoms with E-state index < -0.39 is 0 Å². The van der Waals surface area contributed by atoms with Crippen LogP contribution in [0.5, 0.6) is 0 Å². The summed E-state index contributed by atoms with van der Waals surface area (Å²) in [5.74, 6) is -0.185. The summed E-state index contributed by atoms with van der Waals surface area (Å²) in [6.07, 6.45) is 0. The zero-order chi connectivity index (χ0) is 14.3. The van der Waals surface area contributed by atoms with E-state index in [2.05, 4.69) is 4.90 Å². The van der Waals surface area contributed by atoms with Gasteiger partial charge in [0.15, 0.2) is 0 Å². The second kappa shape index (κ2) is 7.92. The van der Waals surface area contributed by atoms with Crippen molar-refractivity contribution in [3.05, 3.63) is 35.9 Å². The molecule has 0 aliphatic carbocycles. The van der Waals surface area contributed by atoms with Crippen LogP contribution in [-0.4, -0.2) is 56.6 Å². The van der Waals surface area contributed by atoms with Gasteiger partial charge in [-0.3, -0.25) is 4.90 Å². The van der Waals surface area contributed by atoms with Gasteiger partial charge in [-0.05, 0) is 33.6 Å². The van der Waals surface area contributed by atoms with E-state index in [-0.39, 0.29) is 12.0 Å². The first-order valence-electron chi connectivity index (χ1n) is 6.62. The Balaban J connectivity index is 2.83. The van der Waals surface area contributed by atoms with Gasteiger partial charge in [0.1, 0.15) is 6.04 Å². The fourth-order valence-electron chi connectivity index (χ4n) is 1.91. The Bertz CT molecular complexity index is 379. The number of carbonyl (C=O) groups excluding carboxylic acids is 1. The van der Waals surface area contributed by atoms with Crippen molar-refractivity contribution >= 4 is 5.97 Å². The molecule has 0 saturated carbocycles. The van der Waals surface area contributed by atoms with Gasteiger partial charge in [-0.15, -0.1) is 0 Å². The summed E-state index contributed by atoms with van der Waals surface area (Å²) in [5, 5.41) is 0. The monoisotopic (exact) mass is 264 g/mol. The van der Waals surface area contributed by atoms with Crippen LogP contribution in [0.25, 0.3) is 0 Å². The molecule has 0 aliphatic heterocycles. The summed E-state index contributed by atoms with van der Waals surface area (Å²) in [6.45, 7) is 3.95. The van der Waals surface area contributed by atoms with Crippen LogP contribution < -0.4 is 0 Å². The first kappa shape index (κ1) is 15.7. The van der Waals surface area contributed by atoms with Crippen LogP contribution in [0.15, 0.2) is 30.3 Å². The lowest BCUT2D eigenvalue weighted by Gasteiger charge is -2.27. The Morgan fingerprint density at radius 1 is 1.16 bits per heavy atom. The molecule has 0 radical (unpaired) electrons. The highest BCUT2D eigenvalue weighted by molar-refractivity contribution is 5.77. The van der Waals surface area contributed by atoms with Crippen molar-refractivity contribution in [1.29, 1.82) is 0 Å². The number of nitrogens with zero attached hydrogens (tertiary/aromatic N) is 2. The first-order chi connectivity index (χ1) is 9.06. The van der Waals surface area contributed by atoms with Crippen LogP contribution >= 0.6 is 0 Å². The summed E-state index contributed by atoms with van der Waals surface area (Å²) in [6, 6.07) is 9.44. The lowest BCUT2D eigenvalue weighted by atomic mass is 10.1. The van der Waals surface area contributed by atoms with Crippen LogP contribution in [-0.2, 0) is 9.53 Å². The van der Waals surface area contributed by atoms with Crippen molar-refractivity contribution in [2.45, 2.75) is 13.0 Å². The summed E-state index contributed by atoms with van der Waals surface area (Å²) >= 11 is 0. The van der Waals surface area contributed by atoms with Crippen molar-refractivity contribution < 1.29 is 9.53 Å². The Kier molecular flexibility index (Phi) is 6.53. The Morgan fingerprint density at radius 2 is 1.79 bits per heavy atom. The first-order valence-corrected chi connectivity index (χ1v) is 6.62. The third kappa shape index (κ3) is 5.01. The molecule has 1 rings (SSSR count). The van der Waals surface area contributed by atoms with Crippen molar-refractivity contribution in [2.24, 2.45) is 0 Å². The highest BCUT2D eigenvalue weighted by Gasteiger charge is 2.26. The fraction of sp³-hybridized carbons (Fsp3) is 0.533. The van der Waals surface area contributed by atoms with Crippen LogP contribution in [0.3, 0.4) is 0 Å². The van der Waals surface area contributed by atoms with Gasteiger partial charge >= 0.3 is 5.97 Å². The molecule has 0 amide bonds. The van der Waals surface area contributed by atoms with Gasteiger partial charge < -0.3 is 9.64 Å². The molecule has 0 fully saturated rings. The van der Waals surface area contributed by atoms with Crippen LogP contribution in [0, 0.1) is 0 Å². The molecule has 0 saturated heterocycles. The molecule has 4 nitrogen and oxygen atoms in total. The van der Waals surface area contributed by atoms with E-state index in [9.17, 15) is 4.79 Å². The number of ether oxygens (including phenoxy) is 1. The number of carbonyl (C=O) groups is 1. The smallest absolute Gasteiger partial charge is 0.327 e. The highest BCUT2D eigenvalue weighted by Crippen LogP contribution is 2.20. The van der Waals surface area contributed by atoms with E-state index in [1.807, 2.05) is 63.3 Å². The maximum absolute atomic E-state index is 12.2. The van der Waals surface area contributed by atoms with Crippen molar-refractivity contribution in [3.8, 4) is 0 Å². The second-order valence-electron chi connectivity index (χ2n) is 4.85. The number of rotatable bonds is 7. The molecule has 19 heavy (non-hydrogen) atoms. The minimum Gasteiger partial charge on any atom is -0.465 e. The zero-order valence-corrected chi connectivity index (χ0v) is 12.3. The van der Waals surface area contributed by atoms with E-state index >= 15 is 0 Å². The lowest BCUT2D eigenvalue weighted by molar-refractivity contribution is -0.149. The van der Waals surface area contributed by atoms with Crippen LogP contribution in [0.2, 0.25) is 0 Å². The average molecular weight is 264 g/mol. The van der Waals surface area contributed by atoms with Crippen LogP contribution in [0.4, 0.5) is 0 Å². The molecule has 0 spiro atoms. The fourth-order valence-corrected chi connectivity index (χ4v) is 1.91. The summed E-state index contributed by atoms with van der Waals surface area (Å²) in [4.78, 5) is 16.3. The Hall–Kier alpha value is -1.39. The van der Waals surface area contributed by atoms with Gasteiger partial charge in [-0.25, -0.2) is 4.79 Å². The van der Waals surface area contributed by atoms with Crippen molar-refractivity contribution in [2.75, 3.05) is 40.8 Å². The molecule has 0 bridgehead atoms. The largest absolute Gasteiger partial charge is 0.465 e. The van der Waals surface area contributed by atoms with Gasteiger partial charge in [0.2, 0.25) is 0 Å². The molecular weight excluding hydrogens is 240 g/mol. The van der Waals surface area contributed by atoms with Gasteiger partial charge in [-0.2, -0.15) is 0 Å². The topological polar surface area (TPSA) is 32.8 Å². The molecule has 1 atom stereocenters. The third-order valence-electron chi connectivity index (χ3n) is 2.97. The lowest BCUT2D eigenvalue weighted by Crippen LogP contribution is -2.36. The molecule has 0 heterocycles. The van der Waals surface area contributed by atoms with Crippen LogP contribution in [0.1, 0.15) is 18.5 Å². The minimum atomic E-state index is -0.332. The van der Waals surface area contributed by atoms with Crippen molar-refractivity contribution in [3.63, 3.8) is 0 Å². The average Bonchev–Trinajstić information content (AvgIpc) is 2.38. The van der Waals surface area contributed by atoms with Gasteiger partial charge in [0.05, 0.1) is 6.61 Å². The molecule has 0 aliphatic rings. The second-order valence-corrected chi connectivity index (χ2v) is 4.85. The molecule has 0 N–H and O–H groups in total. The van der Waals surface area contributed by atoms with E-state index in [0.717, 1.165) is 18.7 Å². The SMILES string of the molecule is CCOC(=O)C(c1ccccc1)N(C)CCN(C)C. The number of esters is 1. The summed E-state index contributed by atoms with van der Waals surface area (Å²) < 4.78 is 5.19. The predicted octanol–water partition coefficient (Wildman–Crippen LogP) is 1.78. The summed E-state index contributed by atoms with van der Waals surface area (Å²) in [5.41, 5.74) is 0.974. The molecule has 106 valence electrons. The van der Waals surface area contributed by atoms with Gasteiger partial charge in [0.25, 0.3) is 0 Å². The van der Waals surface area contributed by atoms with E-state index in [0.29, 0.717) is 6.61 Å². The number of likely N-dealkylation sites (N-methyl/N-ethyl adjacent to an activating group) is 2. The highest BCUT2D eigenvalue weighted by atomic mass is 16.5. The predicted molar refractivity (Wildman–Crippen MR) is 77.0 cm³/mol. The number of hydrogen-bond donors (Lipinski definition) is 0. The standard InChI is InChI=1S/C15H24N2O2/c1-5-19-15(18)14(13-9-7-6-8-10-13)17(4)12-11-16(2)3/h6-10,14H,5,11-12H2,1-4H3. The van der Waals surface area contributed by atoms with E-state index in [1.54, 1.807) is 0 Å². The number of benzene rings is 1. The van der Waals surface area contributed by atoms with E-state index in [4.69, 9.17) is 4.74 Å². The molecule has 0 aromatic heterocycles. The number of hydrogen-bond acceptors (Lipinski definition) is 4. The molecule has 4 heteroatoms. The van der Waals surface area contributed by atoms with Gasteiger partial charge in [0, 0.05) is 13.1 Å². The molecule has 1 aromatic rings. The normalized spacial score (nSPS) is 12.7. The van der Waals surface area contributed by atoms with Crippen molar-refractivity contribution in [1.82, 2.24) is 9.80 Å². The Labute approximate surface area is 116 Å². The molecule has 1 unspecified atom stereocenters. The quantitative estimate of drug-likeness (QED) is 0.703. The molecule has 1 aromatic carbocycles. The Morgan fingerprint density at radius 3 is 2.32 bits per heavy atom.